The molecule has 3 aliphatic heterocycles. The molecule has 2 bridgehead atoms. The summed E-state index contributed by atoms with van der Waals surface area (Å²) in [5, 5.41) is 13.8. The van der Waals surface area contributed by atoms with Crippen molar-refractivity contribution in [1.29, 1.82) is 5.26 Å². The summed E-state index contributed by atoms with van der Waals surface area (Å²) in [5.41, 5.74) is -10.0. The number of nitrogens with zero attached hydrogens (tertiary/aromatic N) is 4. The highest BCUT2D eigenvalue weighted by Crippen LogP contribution is 2.59. The van der Waals surface area contributed by atoms with E-state index in [1.165, 1.54) is 26.1 Å². The van der Waals surface area contributed by atoms with E-state index in [0.29, 0.717) is 6.42 Å². The number of hydrogen-bond donors (Lipinski definition) is 2. The molecule has 278 valence electrons. The number of fused-ring (bicyclic) bond motifs is 6. The van der Waals surface area contributed by atoms with Gasteiger partial charge in [0.05, 0.1) is 18.8 Å². The third-order valence-electron chi connectivity index (χ3n) is 10.8. The molecule has 2 N–H and O–H groups in total. The first-order valence-electron chi connectivity index (χ1n) is 15.9. The Kier molecular flexibility index (Phi) is 8.30. The molecule has 9 atom stereocenters. The minimum atomic E-state index is -6.77. The molecule has 2 saturated heterocycles. The zero-order chi connectivity index (χ0) is 37.8. The first kappa shape index (κ1) is 36.5. The van der Waals surface area contributed by atoms with Crippen molar-refractivity contribution in [1.82, 2.24) is 20.1 Å². The first-order valence-corrected chi connectivity index (χ1v) is 15.9. The van der Waals surface area contributed by atoms with E-state index in [2.05, 4.69) is 10.3 Å². The molecule has 0 radical (unpaired) electrons. The predicted octanol–water partition coefficient (Wildman–Crippen LogP) is 3.60. The van der Waals surface area contributed by atoms with Gasteiger partial charge in [0.2, 0.25) is 17.4 Å². The molecule has 2 aliphatic carbocycles. The predicted molar refractivity (Wildman–Crippen MR) is 153 cm³/mol. The fourth-order valence-electron chi connectivity index (χ4n) is 8.41. The van der Waals surface area contributed by atoms with Gasteiger partial charge in [-0.05, 0) is 41.9 Å². The molecule has 4 fully saturated rings. The number of pyridine rings is 1. The topological polar surface area (TPSA) is 145 Å². The monoisotopic (exact) mass is 738 g/mol. The molecule has 4 amide bonds. The number of aromatic nitrogens is 1. The summed E-state index contributed by atoms with van der Waals surface area (Å²) >= 11 is 0. The van der Waals surface area contributed by atoms with Crippen LogP contribution in [0.4, 0.5) is 45.3 Å². The molecule has 11 nitrogen and oxygen atoms in total. The minimum Gasteiger partial charge on any atom is -0.471 e. The highest BCUT2D eigenvalue weighted by atomic mass is 19.4. The second-order valence-electron chi connectivity index (χ2n) is 14.9. The Bertz CT molecular complexity index is 1700. The van der Waals surface area contributed by atoms with Crippen molar-refractivity contribution in [2.45, 2.75) is 88.0 Å². The molecule has 2 saturated carbocycles. The van der Waals surface area contributed by atoms with Gasteiger partial charge in [-0.2, -0.15) is 31.6 Å². The molecule has 0 aromatic carbocycles. The molecule has 1 spiro atoms. The number of hydrogen-bond acceptors (Lipinski definition) is 7. The van der Waals surface area contributed by atoms with Crippen molar-refractivity contribution < 1.29 is 63.4 Å². The molecule has 1 unspecified atom stereocenters. The van der Waals surface area contributed by atoms with Gasteiger partial charge >= 0.3 is 18.0 Å². The van der Waals surface area contributed by atoms with Gasteiger partial charge in [-0.15, -0.1) is 0 Å². The Balaban J connectivity index is 1.36. The lowest BCUT2D eigenvalue weighted by Crippen LogP contribution is -2.67. The van der Waals surface area contributed by atoms with E-state index >= 15 is 4.39 Å². The third-order valence-corrected chi connectivity index (χ3v) is 10.8. The van der Waals surface area contributed by atoms with Gasteiger partial charge in [0.1, 0.15) is 30.1 Å². The Morgan fingerprint density at radius 3 is 2.31 bits per heavy atom. The molecule has 1 aromatic heterocycles. The number of halogens is 9. The van der Waals surface area contributed by atoms with E-state index in [4.69, 9.17) is 4.74 Å². The number of alkyl halides is 8. The number of amides is 4. The van der Waals surface area contributed by atoms with E-state index in [-0.39, 0.29) is 30.5 Å². The molecule has 1 aromatic rings. The number of ether oxygens (including phenoxy) is 1. The van der Waals surface area contributed by atoms with Crippen LogP contribution in [-0.2, 0) is 19.2 Å². The Morgan fingerprint density at radius 1 is 1.08 bits per heavy atom. The zero-order valence-corrected chi connectivity index (χ0v) is 27.0. The molecule has 6 rings (SSSR count). The average molecular weight is 739 g/mol. The highest BCUT2D eigenvalue weighted by Gasteiger charge is 2.78. The van der Waals surface area contributed by atoms with Crippen LogP contribution in [-0.4, -0.2) is 99.4 Å². The van der Waals surface area contributed by atoms with E-state index in [1.54, 1.807) is 0 Å². The van der Waals surface area contributed by atoms with E-state index in [9.17, 15) is 59.6 Å². The van der Waals surface area contributed by atoms with Crippen LogP contribution in [0.1, 0.15) is 40.0 Å². The van der Waals surface area contributed by atoms with Crippen LogP contribution in [0.5, 0.6) is 5.75 Å². The van der Waals surface area contributed by atoms with Crippen molar-refractivity contribution in [2.75, 3.05) is 18.4 Å². The van der Waals surface area contributed by atoms with Gasteiger partial charge in [-0.3, -0.25) is 19.2 Å². The Morgan fingerprint density at radius 2 is 1.73 bits per heavy atom. The van der Waals surface area contributed by atoms with Crippen molar-refractivity contribution in [3.05, 3.63) is 18.1 Å². The van der Waals surface area contributed by atoms with Crippen LogP contribution >= 0.6 is 0 Å². The lowest BCUT2D eigenvalue weighted by atomic mass is 9.77. The van der Waals surface area contributed by atoms with Crippen LogP contribution in [0.15, 0.2) is 12.3 Å². The van der Waals surface area contributed by atoms with E-state index in [1.807, 2.05) is 6.07 Å². The van der Waals surface area contributed by atoms with Crippen LogP contribution in [0.3, 0.4) is 0 Å². The number of likely N-dealkylation sites (tertiary alicyclic amines) is 2. The SMILES string of the molecule is CC(C)(C)[C@H](NC(=O)C(F)(C(F)(F)F)C(F)(F)F)C(=O)N1CC2[C@H]3C[C@@H]([C@@H]2[C@H]1C(=O)N1C[C@@]2(C[C@H]1C#N)Oc1cc(F)cnc1NC2=O)[C@H](F)C3. The summed E-state index contributed by atoms with van der Waals surface area (Å²) in [6, 6.07) is -2.53. The number of rotatable bonds is 4. The normalized spacial score (nSPS) is 32.2. The largest absolute Gasteiger partial charge is 0.471 e. The van der Waals surface area contributed by atoms with Crippen LogP contribution in [0.2, 0.25) is 0 Å². The van der Waals surface area contributed by atoms with Gasteiger partial charge in [0, 0.05) is 19.0 Å². The van der Waals surface area contributed by atoms with E-state index < -0.39 is 113 Å². The second kappa shape index (κ2) is 11.6. The summed E-state index contributed by atoms with van der Waals surface area (Å²) in [5.74, 6) is -10.2. The summed E-state index contributed by atoms with van der Waals surface area (Å²) in [7, 11) is 0. The maximum Gasteiger partial charge on any atom is 0.441 e. The van der Waals surface area contributed by atoms with Gasteiger partial charge in [-0.25, -0.2) is 18.2 Å². The van der Waals surface area contributed by atoms with Gasteiger partial charge < -0.3 is 25.2 Å². The Labute approximate surface area is 283 Å². The Hall–Kier alpha value is -4.31. The van der Waals surface area contributed by atoms with Crippen molar-refractivity contribution in [3.8, 4) is 11.8 Å². The summed E-state index contributed by atoms with van der Waals surface area (Å²) in [6.07, 6.45) is -14.2. The number of nitrogens with one attached hydrogen (secondary N) is 2. The number of nitriles is 1. The lowest BCUT2D eigenvalue weighted by molar-refractivity contribution is -0.326. The summed E-state index contributed by atoms with van der Waals surface area (Å²) in [6.45, 7) is 2.58. The molecule has 51 heavy (non-hydrogen) atoms. The fraction of sp³-hybridized carbons (Fsp3) is 0.677. The van der Waals surface area contributed by atoms with Gasteiger partial charge in [-0.1, -0.05) is 20.8 Å². The number of carbonyl (C=O) groups excluding carboxylic acids is 4. The highest BCUT2D eigenvalue weighted by molar-refractivity contribution is 6.02. The first-order chi connectivity index (χ1) is 23.4. The zero-order valence-electron chi connectivity index (χ0n) is 27.0. The number of anilines is 1. The van der Waals surface area contributed by atoms with Crippen LogP contribution in [0.25, 0.3) is 0 Å². The van der Waals surface area contributed by atoms with Crippen molar-refractivity contribution >= 4 is 29.4 Å². The van der Waals surface area contributed by atoms with E-state index in [0.717, 1.165) is 22.1 Å². The van der Waals surface area contributed by atoms with Crippen LogP contribution in [0, 0.1) is 46.2 Å². The smallest absolute Gasteiger partial charge is 0.441 e. The summed E-state index contributed by atoms with van der Waals surface area (Å²) in [4.78, 5) is 60.2. The van der Waals surface area contributed by atoms with Gasteiger partial charge in [0.15, 0.2) is 11.6 Å². The number of carbonyl (C=O) groups is 4. The van der Waals surface area contributed by atoms with Gasteiger partial charge in [0.25, 0.3) is 11.8 Å². The molecule has 5 aliphatic rings. The standard InChI is InChI=1S/C31H31F9N6O5/c1-27(2,3)21(43-26(50)29(34,30(35,36)37)31(38,39)40)24(48)45-10-16-12-4-15(17(33)5-12)19(16)20(45)23(47)46-11-28(7-14(46)8-41)25(49)44-22-18(51-28)6-13(32)9-42-22/h6,9,12,14-17,19-21H,4-5,7,10-11H2,1-3H3,(H,43,50)(H,42,44,49)/t12-,14-,15+,16?,17+,19-,20-,21+,28+/m0/s1. The second-order valence-corrected chi connectivity index (χ2v) is 14.9. The minimum absolute atomic E-state index is 0.0708. The van der Waals surface area contributed by atoms with Crippen molar-refractivity contribution in [3.63, 3.8) is 0 Å². The maximum atomic E-state index is 15.2. The fourth-order valence-corrected chi connectivity index (χ4v) is 8.41. The molecule has 20 heteroatoms. The molecule has 4 heterocycles. The average Bonchev–Trinajstić information content (AvgIpc) is 3.77. The molecular weight excluding hydrogens is 707 g/mol. The summed E-state index contributed by atoms with van der Waals surface area (Å²) < 4.78 is 130. The van der Waals surface area contributed by atoms with Crippen LogP contribution < -0.4 is 15.4 Å². The third kappa shape index (κ3) is 5.52. The quantitative estimate of drug-likeness (QED) is 0.450. The lowest BCUT2D eigenvalue weighted by Gasteiger charge is -2.39. The maximum absolute atomic E-state index is 15.2. The molecular formula is C31H31F9N6O5. The van der Waals surface area contributed by atoms with Crippen molar-refractivity contribution in [2.24, 2.45) is 29.1 Å².